The van der Waals surface area contributed by atoms with Crippen LogP contribution in [0.5, 0.6) is 5.75 Å². The first-order chi connectivity index (χ1) is 18.1. The zero-order chi connectivity index (χ0) is 27.6. The highest BCUT2D eigenvalue weighted by molar-refractivity contribution is 6.24. The van der Waals surface area contributed by atoms with Crippen molar-refractivity contribution in [2.45, 2.75) is 19.9 Å². The van der Waals surface area contributed by atoms with Gasteiger partial charge in [0.25, 0.3) is 17.5 Å². The van der Waals surface area contributed by atoms with Crippen molar-refractivity contribution in [3.63, 3.8) is 0 Å². The number of amides is 2. The molecule has 194 valence electrons. The van der Waals surface area contributed by atoms with E-state index in [1.165, 1.54) is 54.8 Å². The van der Waals surface area contributed by atoms with Crippen LogP contribution in [0.15, 0.2) is 65.3 Å². The molecule has 0 aliphatic carbocycles. The Bertz CT molecular complexity index is 1440. The average Bonchev–Trinajstić information content (AvgIpc) is 3.51. The molecule has 3 aromatic rings. The number of ketones is 1. The number of hydrogen-bond acceptors (Lipinski definition) is 10. The molecule has 0 N–H and O–H groups in total. The first-order valence-corrected chi connectivity index (χ1v) is 11.3. The van der Waals surface area contributed by atoms with Gasteiger partial charge in [0.1, 0.15) is 17.4 Å². The molecule has 1 atom stereocenters. The number of esters is 2. The van der Waals surface area contributed by atoms with Gasteiger partial charge in [0.2, 0.25) is 5.76 Å². The van der Waals surface area contributed by atoms with E-state index in [9.17, 15) is 34.1 Å². The highest BCUT2D eigenvalue weighted by atomic mass is 16.6. The number of rotatable bonds is 9. The number of fused-ring (bicyclic) bond motifs is 1. The topological polar surface area (TPSA) is 163 Å². The Morgan fingerprint density at radius 2 is 1.71 bits per heavy atom. The van der Waals surface area contributed by atoms with Crippen LogP contribution in [0.3, 0.4) is 0 Å². The van der Waals surface area contributed by atoms with Gasteiger partial charge in [-0.1, -0.05) is 19.9 Å². The van der Waals surface area contributed by atoms with Crippen molar-refractivity contribution in [2.24, 2.45) is 5.92 Å². The van der Waals surface area contributed by atoms with E-state index in [0.717, 1.165) is 6.07 Å². The standard InChI is InChI=1S/C26H20N2O10/c1-14(2)22(27-23(30)17-5-3-6-18(28(34)35)21(17)24(27)31)26(33)37-13-19(29)15-8-10-16(11-9-15)38-25(32)20-7-4-12-36-20/h3-12,14,22H,13H2,1-2H3/t22-/m0/s1. The molecule has 2 heterocycles. The molecule has 0 radical (unpaired) electrons. The summed E-state index contributed by atoms with van der Waals surface area (Å²) in [5.74, 6) is -4.65. The van der Waals surface area contributed by atoms with Crippen LogP contribution in [0, 0.1) is 16.0 Å². The molecule has 38 heavy (non-hydrogen) atoms. The van der Waals surface area contributed by atoms with Gasteiger partial charge in [0, 0.05) is 11.6 Å². The third-order valence-electron chi connectivity index (χ3n) is 5.73. The number of nitro benzene ring substituents is 1. The number of hydrogen-bond donors (Lipinski definition) is 0. The van der Waals surface area contributed by atoms with Gasteiger partial charge in [0.15, 0.2) is 12.4 Å². The molecule has 2 amide bonds. The quantitative estimate of drug-likeness (QED) is 0.102. The summed E-state index contributed by atoms with van der Waals surface area (Å²) >= 11 is 0. The fourth-order valence-electron chi connectivity index (χ4n) is 3.93. The lowest BCUT2D eigenvalue weighted by molar-refractivity contribution is -0.385. The van der Waals surface area contributed by atoms with Crippen molar-refractivity contribution >= 4 is 35.2 Å². The summed E-state index contributed by atoms with van der Waals surface area (Å²) in [5.41, 5.74) is -0.989. The highest BCUT2D eigenvalue weighted by Crippen LogP contribution is 2.33. The number of imide groups is 1. The molecule has 1 aliphatic heterocycles. The molecule has 0 unspecified atom stereocenters. The molecule has 1 aliphatic rings. The van der Waals surface area contributed by atoms with Gasteiger partial charge < -0.3 is 13.9 Å². The summed E-state index contributed by atoms with van der Waals surface area (Å²) in [6.07, 6.45) is 1.32. The number of Topliss-reactive ketones (excluding diaryl/α,β-unsaturated/α-hetero) is 1. The second-order valence-corrected chi connectivity index (χ2v) is 8.55. The van der Waals surface area contributed by atoms with Crippen molar-refractivity contribution in [1.29, 1.82) is 0 Å². The molecule has 12 heteroatoms. The first-order valence-electron chi connectivity index (χ1n) is 11.3. The summed E-state index contributed by atoms with van der Waals surface area (Å²) in [5, 5.41) is 11.4. The van der Waals surface area contributed by atoms with Gasteiger partial charge in [-0.05, 0) is 48.4 Å². The lowest BCUT2D eigenvalue weighted by Gasteiger charge is -2.27. The number of furan rings is 1. The van der Waals surface area contributed by atoms with Crippen LogP contribution < -0.4 is 4.74 Å². The second kappa shape index (κ2) is 10.5. The maximum Gasteiger partial charge on any atom is 0.379 e. The summed E-state index contributed by atoms with van der Waals surface area (Å²) in [4.78, 5) is 74.6. The average molecular weight is 520 g/mol. The lowest BCUT2D eigenvalue weighted by atomic mass is 10.0. The van der Waals surface area contributed by atoms with Crippen LogP contribution in [0.4, 0.5) is 5.69 Å². The van der Waals surface area contributed by atoms with Crippen molar-refractivity contribution in [3.05, 3.63) is 93.4 Å². The molecule has 0 saturated carbocycles. The molecular formula is C26H20N2O10. The van der Waals surface area contributed by atoms with Crippen LogP contribution in [0.25, 0.3) is 0 Å². The summed E-state index contributed by atoms with van der Waals surface area (Å²) in [7, 11) is 0. The van der Waals surface area contributed by atoms with Gasteiger partial charge in [-0.15, -0.1) is 0 Å². The number of benzene rings is 2. The number of ether oxygens (including phenoxy) is 2. The van der Waals surface area contributed by atoms with E-state index in [0.29, 0.717) is 4.90 Å². The molecule has 0 bridgehead atoms. The Morgan fingerprint density at radius 3 is 2.32 bits per heavy atom. The van der Waals surface area contributed by atoms with Gasteiger partial charge in [-0.25, -0.2) is 9.59 Å². The number of nitrogens with zero attached hydrogens (tertiary/aromatic N) is 2. The molecule has 0 saturated heterocycles. The summed E-state index contributed by atoms with van der Waals surface area (Å²) < 4.78 is 15.2. The third kappa shape index (κ3) is 4.91. The van der Waals surface area contributed by atoms with E-state index in [1.807, 2.05) is 0 Å². The molecular weight excluding hydrogens is 500 g/mol. The van der Waals surface area contributed by atoms with E-state index in [-0.39, 0.29) is 22.6 Å². The van der Waals surface area contributed by atoms with Crippen molar-refractivity contribution in [3.8, 4) is 5.75 Å². The van der Waals surface area contributed by atoms with Crippen molar-refractivity contribution < 1.29 is 42.8 Å². The smallest absolute Gasteiger partial charge is 0.379 e. The zero-order valence-corrected chi connectivity index (χ0v) is 20.1. The van der Waals surface area contributed by atoms with Gasteiger partial charge in [-0.3, -0.25) is 29.4 Å². The van der Waals surface area contributed by atoms with E-state index in [2.05, 4.69) is 0 Å². The monoisotopic (exact) mass is 520 g/mol. The predicted molar refractivity (Wildman–Crippen MR) is 128 cm³/mol. The fraction of sp³-hybridized carbons (Fsp3) is 0.192. The molecule has 2 aromatic carbocycles. The Kier molecular flexibility index (Phi) is 7.15. The van der Waals surface area contributed by atoms with E-state index in [1.54, 1.807) is 13.8 Å². The fourth-order valence-corrected chi connectivity index (χ4v) is 3.93. The number of carbonyl (C=O) groups excluding carboxylic acids is 5. The van der Waals surface area contributed by atoms with Gasteiger partial charge in [0.05, 0.1) is 16.7 Å². The lowest BCUT2D eigenvalue weighted by Crippen LogP contribution is -2.49. The maximum atomic E-state index is 13.0. The minimum absolute atomic E-state index is 0.00411. The number of nitro groups is 1. The third-order valence-corrected chi connectivity index (χ3v) is 5.73. The normalized spacial score (nSPS) is 13.3. The molecule has 0 spiro atoms. The molecule has 12 nitrogen and oxygen atoms in total. The SMILES string of the molecule is CC(C)[C@@H](C(=O)OCC(=O)c1ccc(OC(=O)c2ccco2)cc1)N1C(=O)c2cccc([N+](=O)[O-])c2C1=O. The minimum atomic E-state index is -1.42. The number of carbonyl (C=O) groups is 5. The van der Waals surface area contributed by atoms with E-state index >= 15 is 0 Å². The van der Waals surface area contributed by atoms with Gasteiger partial charge in [-0.2, -0.15) is 0 Å². The van der Waals surface area contributed by atoms with Crippen LogP contribution in [-0.2, 0) is 9.53 Å². The Morgan fingerprint density at radius 1 is 1.00 bits per heavy atom. The maximum absolute atomic E-state index is 13.0. The second-order valence-electron chi connectivity index (χ2n) is 8.55. The van der Waals surface area contributed by atoms with Crippen LogP contribution in [0.1, 0.15) is 55.5 Å². The van der Waals surface area contributed by atoms with Crippen LogP contribution in [0.2, 0.25) is 0 Å². The first kappa shape index (κ1) is 25.9. The minimum Gasteiger partial charge on any atom is -0.457 e. The van der Waals surface area contributed by atoms with Crippen molar-refractivity contribution in [2.75, 3.05) is 6.61 Å². The molecule has 0 fully saturated rings. The van der Waals surface area contributed by atoms with Crippen molar-refractivity contribution in [1.82, 2.24) is 4.90 Å². The Labute approximate surface area is 214 Å². The molecule has 1 aromatic heterocycles. The Hall–Kier alpha value is -5.13. The van der Waals surface area contributed by atoms with Crippen LogP contribution in [-0.4, -0.2) is 52.0 Å². The Balaban J connectivity index is 1.43. The molecule has 4 rings (SSSR count). The summed E-state index contributed by atoms with van der Waals surface area (Å²) in [6.45, 7) is 2.43. The van der Waals surface area contributed by atoms with Crippen LogP contribution >= 0.6 is 0 Å². The zero-order valence-electron chi connectivity index (χ0n) is 20.1. The highest BCUT2D eigenvalue weighted by Gasteiger charge is 2.48. The predicted octanol–water partition coefficient (Wildman–Crippen LogP) is 3.45. The van der Waals surface area contributed by atoms with E-state index < -0.39 is 64.3 Å². The largest absolute Gasteiger partial charge is 0.457 e. The van der Waals surface area contributed by atoms with E-state index in [4.69, 9.17) is 13.9 Å². The summed E-state index contributed by atoms with van der Waals surface area (Å²) in [6, 6.07) is 10.7. The van der Waals surface area contributed by atoms with Gasteiger partial charge >= 0.3 is 11.9 Å².